The first-order valence-electron chi connectivity index (χ1n) is 8.94. The summed E-state index contributed by atoms with van der Waals surface area (Å²) < 4.78 is 40.0. The van der Waals surface area contributed by atoms with Crippen molar-refractivity contribution in [3.63, 3.8) is 0 Å². The lowest BCUT2D eigenvalue weighted by molar-refractivity contribution is 0.0913. The summed E-state index contributed by atoms with van der Waals surface area (Å²) in [6.07, 6.45) is 1.13. The first-order valence-corrected chi connectivity index (χ1v) is 11.0. The Hall–Kier alpha value is -3.00. The molecular weight excluding hydrogens is 394 g/mol. The van der Waals surface area contributed by atoms with Gasteiger partial charge in [0.25, 0.3) is 5.91 Å². The lowest BCUT2D eigenvalue weighted by atomic mass is 10.1. The molecule has 3 aromatic rings. The van der Waals surface area contributed by atoms with Gasteiger partial charge in [-0.05, 0) is 30.7 Å². The Morgan fingerprint density at radius 3 is 2.45 bits per heavy atom. The summed E-state index contributed by atoms with van der Waals surface area (Å²) in [5.74, 6) is 0.374. The molecule has 1 unspecified atom stereocenters. The number of ether oxygens (including phenoxy) is 2. The molecule has 0 aliphatic heterocycles. The number of furan rings is 1. The van der Waals surface area contributed by atoms with Gasteiger partial charge in [0.2, 0.25) is 0 Å². The van der Waals surface area contributed by atoms with Crippen LogP contribution in [0.25, 0.3) is 11.0 Å². The Balaban J connectivity index is 1.93. The molecule has 1 N–H and O–H groups in total. The number of carbonyl (C=O) groups excluding carboxylic acids is 1. The van der Waals surface area contributed by atoms with E-state index in [0.29, 0.717) is 28.0 Å². The third-order valence-electron chi connectivity index (χ3n) is 4.57. The summed E-state index contributed by atoms with van der Waals surface area (Å²) in [6, 6.07) is 12.0. The Labute approximate surface area is 169 Å². The molecule has 1 atom stereocenters. The van der Waals surface area contributed by atoms with Crippen molar-refractivity contribution in [1.29, 1.82) is 0 Å². The minimum Gasteiger partial charge on any atom is -0.493 e. The van der Waals surface area contributed by atoms with Crippen LogP contribution in [0.2, 0.25) is 0 Å². The third-order valence-corrected chi connectivity index (χ3v) is 5.38. The zero-order valence-corrected chi connectivity index (χ0v) is 17.5. The fourth-order valence-electron chi connectivity index (χ4n) is 3.16. The van der Waals surface area contributed by atoms with E-state index in [9.17, 15) is 13.2 Å². The van der Waals surface area contributed by atoms with Gasteiger partial charge in [-0.2, -0.15) is 0 Å². The molecular formula is C21H23NO6S. The predicted octanol–water partition coefficient (Wildman–Crippen LogP) is 3.49. The lowest BCUT2D eigenvalue weighted by Gasteiger charge is -2.16. The second-order valence-corrected chi connectivity index (χ2v) is 8.93. The number of benzene rings is 2. The smallest absolute Gasteiger partial charge is 0.287 e. The number of sulfone groups is 1. The molecule has 0 aliphatic carbocycles. The van der Waals surface area contributed by atoms with Crippen molar-refractivity contribution in [3.8, 4) is 11.5 Å². The molecule has 154 valence electrons. The van der Waals surface area contributed by atoms with Crippen molar-refractivity contribution in [2.75, 3.05) is 20.5 Å². The van der Waals surface area contributed by atoms with E-state index in [0.717, 1.165) is 11.8 Å². The number of nitrogens with one attached hydrogen (secondary N) is 1. The first kappa shape index (κ1) is 20.7. The zero-order valence-electron chi connectivity index (χ0n) is 16.7. The molecule has 29 heavy (non-hydrogen) atoms. The van der Waals surface area contributed by atoms with Crippen molar-refractivity contribution < 1.29 is 27.1 Å². The van der Waals surface area contributed by atoms with E-state index in [1.807, 2.05) is 13.0 Å². The molecule has 8 heteroatoms. The molecule has 0 bridgehead atoms. The van der Waals surface area contributed by atoms with E-state index < -0.39 is 15.7 Å². The summed E-state index contributed by atoms with van der Waals surface area (Å²) in [6.45, 7) is 1.82. The Morgan fingerprint density at radius 2 is 1.79 bits per heavy atom. The normalized spacial score (nSPS) is 12.6. The number of carbonyl (C=O) groups is 1. The molecule has 1 amide bonds. The Kier molecular flexibility index (Phi) is 5.83. The largest absolute Gasteiger partial charge is 0.493 e. The number of amides is 1. The molecule has 1 heterocycles. The maximum Gasteiger partial charge on any atom is 0.287 e. The van der Waals surface area contributed by atoms with Crippen LogP contribution in [0.1, 0.15) is 34.6 Å². The minimum absolute atomic E-state index is 0.00366. The number of fused-ring (bicyclic) bond motifs is 1. The van der Waals surface area contributed by atoms with Gasteiger partial charge in [-0.25, -0.2) is 8.42 Å². The van der Waals surface area contributed by atoms with E-state index in [2.05, 4.69) is 5.32 Å². The molecule has 0 spiro atoms. The second-order valence-electron chi connectivity index (χ2n) is 6.79. The Bertz CT molecular complexity index is 1150. The van der Waals surface area contributed by atoms with E-state index in [-0.39, 0.29) is 17.6 Å². The molecule has 1 aromatic heterocycles. The number of hydrogen-bond acceptors (Lipinski definition) is 6. The fourth-order valence-corrected chi connectivity index (χ4v) is 3.97. The van der Waals surface area contributed by atoms with Gasteiger partial charge in [0.15, 0.2) is 27.1 Å². The highest BCUT2D eigenvalue weighted by Crippen LogP contribution is 2.31. The second kappa shape index (κ2) is 8.16. The standard InChI is InChI=1S/C21H23NO6S/c1-13(14-9-10-18(26-2)19(11-14)27-3)22-21(23)20-16(12-29(4,24)25)15-7-5-6-8-17(15)28-20/h5-11,13H,12H2,1-4H3,(H,22,23). The molecule has 0 saturated carbocycles. The monoisotopic (exact) mass is 417 g/mol. The van der Waals surface area contributed by atoms with Crippen LogP contribution in [-0.4, -0.2) is 34.8 Å². The van der Waals surface area contributed by atoms with Gasteiger partial charge in [-0.15, -0.1) is 0 Å². The van der Waals surface area contributed by atoms with Crippen LogP contribution in [-0.2, 0) is 15.6 Å². The third kappa shape index (κ3) is 4.54. The van der Waals surface area contributed by atoms with Crippen molar-refractivity contribution in [1.82, 2.24) is 5.32 Å². The van der Waals surface area contributed by atoms with Crippen LogP contribution in [0.15, 0.2) is 46.9 Å². The van der Waals surface area contributed by atoms with Gasteiger partial charge >= 0.3 is 0 Å². The molecule has 7 nitrogen and oxygen atoms in total. The van der Waals surface area contributed by atoms with Gasteiger partial charge in [-0.3, -0.25) is 4.79 Å². The van der Waals surface area contributed by atoms with Crippen LogP contribution in [0.3, 0.4) is 0 Å². The fraction of sp³-hybridized carbons (Fsp3) is 0.286. The first-order chi connectivity index (χ1) is 13.7. The summed E-state index contributed by atoms with van der Waals surface area (Å²) in [4.78, 5) is 12.9. The van der Waals surface area contributed by atoms with Gasteiger partial charge < -0.3 is 19.2 Å². The number of rotatable bonds is 7. The maximum absolute atomic E-state index is 12.9. The molecule has 0 radical (unpaired) electrons. The van der Waals surface area contributed by atoms with Crippen LogP contribution in [0.5, 0.6) is 11.5 Å². The van der Waals surface area contributed by atoms with Gasteiger partial charge in [0.05, 0.1) is 26.0 Å². The van der Waals surface area contributed by atoms with Gasteiger partial charge in [0, 0.05) is 17.2 Å². The average molecular weight is 417 g/mol. The SMILES string of the molecule is COc1ccc(C(C)NC(=O)c2oc3ccccc3c2CS(C)(=O)=O)cc1OC. The van der Waals surface area contributed by atoms with E-state index in [4.69, 9.17) is 13.9 Å². The molecule has 0 fully saturated rings. The van der Waals surface area contributed by atoms with Crippen LogP contribution in [0.4, 0.5) is 0 Å². The summed E-state index contributed by atoms with van der Waals surface area (Å²) in [5.41, 5.74) is 1.63. The number of para-hydroxylation sites is 1. The highest BCUT2D eigenvalue weighted by Gasteiger charge is 2.24. The van der Waals surface area contributed by atoms with Crippen molar-refractivity contribution in [3.05, 3.63) is 59.4 Å². The van der Waals surface area contributed by atoms with Crippen LogP contribution in [0, 0.1) is 0 Å². The van der Waals surface area contributed by atoms with Crippen molar-refractivity contribution in [2.45, 2.75) is 18.7 Å². The van der Waals surface area contributed by atoms with E-state index in [1.165, 1.54) is 7.11 Å². The summed E-state index contributed by atoms with van der Waals surface area (Å²) in [7, 11) is -0.275. The predicted molar refractivity (Wildman–Crippen MR) is 110 cm³/mol. The summed E-state index contributed by atoms with van der Waals surface area (Å²) in [5, 5.41) is 3.48. The van der Waals surface area contributed by atoms with Gasteiger partial charge in [-0.1, -0.05) is 24.3 Å². The Morgan fingerprint density at radius 1 is 1.10 bits per heavy atom. The van der Waals surface area contributed by atoms with E-state index >= 15 is 0 Å². The minimum atomic E-state index is -3.36. The highest BCUT2D eigenvalue weighted by molar-refractivity contribution is 7.89. The summed E-state index contributed by atoms with van der Waals surface area (Å²) >= 11 is 0. The van der Waals surface area contributed by atoms with Crippen molar-refractivity contribution in [2.24, 2.45) is 0 Å². The number of hydrogen-bond donors (Lipinski definition) is 1. The van der Waals surface area contributed by atoms with Crippen LogP contribution >= 0.6 is 0 Å². The van der Waals surface area contributed by atoms with Gasteiger partial charge in [0.1, 0.15) is 5.58 Å². The molecule has 2 aromatic carbocycles. The van der Waals surface area contributed by atoms with E-state index in [1.54, 1.807) is 43.5 Å². The topological polar surface area (TPSA) is 94.8 Å². The average Bonchev–Trinajstić information content (AvgIpc) is 3.04. The lowest BCUT2D eigenvalue weighted by Crippen LogP contribution is -2.27. The maximum atomic E-state index is 12.9. The van der Waals surface area contributed by atoms with Crippen molar-refractivity contribution >= 4 is 26.7 Å². The highest BCUT2D eigenvalue weighted by atomic mass is 32.2. The molecule has 3 rings (SSSR count). The zero-order chi connectivity index (χ0) is 21.2. The molecule has 0 saturated heterocycles. The number of methoxy groups -OCH3 is 2. The molecule has 0 aliphatic rings. The quantitative estimate of drug-likeness (QED) is 0.632. The van der Waals surface area contributed by atoms with Crippen LogP contribution < -0.4 is 14.8 Å².